The van der Waals surface area contributed by atoms with Crippen molar-refractivity contribution < 1.29 is 9.84 Å². The zero-order valence-corrected chi connectivity index (χ0v) is 12.9. The van der Waals surface area contributed by atoms with Gasteiger partial charge in [0.05, 0.1) is 11.3 Å². The smallest absolute Gasteiger partial charge is 0.119 e. The highest BCUT2D eigenvalue weighted by Crippen LogP contribution is 2.16. The molecule has 2 aromatic carbocycles. The van der Waals surface area contributed by atoms with Gasteiger partial charge in [-0.3, -0.25) is 0 Å². The minimum absolute atomic E-state index is 0.184. The number of para-hydroxylation sites is 1. The Morgan fingerprint density at radius 3 is 2.62 bits per heavy atom. The summed E-state index contributed by atoms with van der Waals surface area (Å²) in [6, 6.07) is 16.7. The summed E-state index contributed by atoms with van der Waals surface area (Å²) in [4.78, 5) is 0. The van der Waals surface area contributed by atoms with E-state index < -0.39 is 6.10 Å². The number of benzene rings is 2. The van der Waals surface area contributed by atoms with Gasteiger partial charge in [0.15, 0.2) is 0 Å². The second kappa shape index (κ2) is 7.67. The summed E-state index contributed by atoms with van der Waals surface area (Å²) in [6.45, 7) is 0.499. The average Bonchev–Trinajstić information content (AvgIpc) is 2.52. The van der Waals surface area contributed by atoms with E-state index >= 15 is 0 Å². The zero-order valence-electron chi connectivity index (χ0n) is 11.3. The molecule has 0 aromatic heterocycles. The lowest BCUT2D eigenvalue weighted by molar-refractivity contribution is 0.117. The Kier molecular flexibility index (Phi) is 5.61. The number of anilines is 1. The molecule has 0 heterocycles. The number of nitrogens with zero attached hydrogens (tertiary/aromatic N) is 1. The van der Waals surface area contributed by atoms with Crippen LogP contribution in [0.3, 0.4) is 0 Å². The Hall–Kier alpha value is -2.03. The van der Waals surface area contributed by atoms with Crippen LogP contribution in [0.2, 0.25) is 0 Å². The lowest BCUT2D eigenvalue weighted by atomic mass is 10.2. The predicted octanol–water partition coefficient (Wildman–Crippen LogP) is 3.17. The second-order valence-electron chi connectivity index (χ2n) is 4.46. The van der Waals surface area contributed by atoms with E-state index in [4.69, 9.17) is 10.00 Å². The predicted molar refractivity (Wildman–Crippen MR) is 85.3 cm³/mol. The molecule has 2 aromatic rings. The number of nitriles is 1. The molecule has 5 heteroatoms. The first-order chi connectivity index (χ1) is 10.2. The molecule has 0 aliphatic heterocycles. The number of aliphatic hydroxyl groups is 1. The Morgan fingerprint density at radius 2 is 1.90 bits per heavy atom. The van der Waals surface area contributed by atoms with Gasteiger partial charge < -0.3 is 15.2 Å². The fourth-order valence-electron chi connectivity index (χ4n) is 1.74. The quantitative estimate of drug-likeness (QED) is 0.842. The number of hydrogen-bond donors (Lipinski definition) is 2. The molecule has 108 valence electrons. The molecule has 0 saturated heterocycles. The summed E-state index contributed by atoms with van der Waals surface area (Å²) in [5.41, 5.74) is 1.27. The third-order valence-corrected chi connectivity index (χ3v) is 3.36. The van der Waals surface area contributed by atoms with Crippen LogP contribution >= 0.6 is 15.9 Å². The average molecular weight is 347 g/mol. The van der Waals surface area contributed by atoms with Crippen molar-refractivity contribution in [2.75, 3.05) is 18.5 Å². The number of ether oxygens (including phenoxy) is 1. The molecule has 0 saturated carbocycles. The fourth-order valence-corrected chi connectivity index (χ4v) is 2.01. The van der Waals surface area contributed by atoms with Crippen molar-refractivity contribution in [1.29, 1.82) is 5.26 Å². The Labute approximate surface area is 132 Å². The molecular formula is C16H15BrN2O2. The van der Waals surface area contributed by atoms with E-state index in [0.717, 1.165) is 4.47 Å². The van der Waals surface area contributed by atoms with E-state index in [2.05, 4.69) is 27.3 Å². The highest BCUT2D eigenvalue weighted by molar-refractivity contribution is 9.10. The van der Waals surface area contributed by atoms with Crippen LogP contribution in [0.25, 0.3) is 0 Å². The maximum Gasteiger partial charge on any atom is 0.119 e. The number of hydrogen-bond acceptors (Lipinski definition) is 4. The Morgan fingerprint density at radius 1 is 1.19 bits per heavy atom. The zero-order chi connectivity index (χ0) is 15.1. The first-order valence-electron chi connectivity index (χ1n) is 6.48. The second-order valence-corrected chi connectivity index (χ2v) is 5.37. The van der Waals surface area contributed by atoms with Crippen molar-refractivity contribution in [2.24, 2.45) is 0 Å². The van der Waals surface area contributed by atoms with Crippen LogP contribution < -0.4 is 10.1 Å². The summed E-state index contributed by atoms with van der Waals surface area (Å²) in [5.74, 6) is 0.703. The van der Waals surface area contributed by atoms with E-state index in [-0.39, 0.29) is 6.61 Å². The molecule has 2 N–H and O–H groups in total. The van der Waals surface area contributed by atoms with Crippen molar-refractivity contribution in [1.82, 2.24) is 0 Å². The Balaban J connectivity index is 1.81. The van der Waals surface area contributed by atoms with Gasteiger partial charge in [-0.05, 0) is 36.4 Å². The maximum absolute atomic E-state index is 9.91. The maximum atomic E-state index is 9.91. The van der Waals surface area contributed by atoms with Gasteiger partial charge >= 0.3 is 0 Å². The minimum atomic E-state index is -0.666. The van der Waals surface area contributed by atoms with Crippen molar-refractivity contribution in [3.05, 3.63) is 58.6 Å². The third kappa shape index (κ3) is 4.78. The number of nitrogens with one attached hydrogen (secondary N) is 1. The van der Waals surface area contributed by atoms with Gasteiger partial charge in [-0.25, -0.2) is 0 Å². The van der Waals surface area contributed by atoms with Gasteiger partial charge in [-0.15, -0.1) is 0 Å². The van der Waals surface area contributed by atoms with Gasteiger partial charge in [0, 0.05) is 11.0 Å². The SMILES string of the molecule is N#Cc1ccccc1NCC(O)COc1ccc(Br)cc1. The summed E-state index contributed by atoms with van der Waals surface area (Å²) >= 11 is 3.35. The lowest BCUT2D eigenvalue weighted by Crippen LogP contribution is -2.26. The first-order valence-corrected chi connectivity index (χ1v) is 7.28. The van der Waals surface area contributed by atoms with Gasteiger partial charge in [0.2, 0.25) is 0 Å². The highest BCUT2D eigenvalue weighted by atomic mass is 79.9. The van der Waals surface area contributed by atoms with Gasteiger partial charge in [-0.1, -0.05) is 28.1 Å². The molecule has 21 heavy (non-hydrogen) atoms. The van der Waals surface area contributed by atoms with Crippen LogP contribution in [0, 0.1) is 11.3 Å². The van der Waals surface area contributed by atoms with Crippen LogP contribution in [-0.4, -0.2) is 24.4 Å². The molecule has 0 aliphatic carbocycles. The standard InChI is InChI=1S/C16H15BrN2O2/c17-13-5-7-15(8-6-13)21-11-14(20)10-19-16-4-2-1-3-12(16)9-18/h1-8,14,19-20H,10-11H2. The number of aliphatic hydroxyl groups excluding tert-OH is 1. The summed E-state index contributed by atoms with van der Waals surface area (Å²) in [5, 5.41) is 21.9. The largest absolute Gasteiger partial charge is 0.491 e. The Bertz CT molecular complexity index is 623. The molecule has 0 aliphatic rings. The van der Waals surface area contributed by atoms with Crippen LogP contribution in [0.1, 0.15) is 5.56 Å². The number of rotatable bonds is 6. The molecule has 0 amide bonds. The van der Waals surface area contributed by atoms with Crippen LogP contribution in [0.4, 0.5) is 5.69 Å². The molecule has 4 nitrogen and oxygen atoms in total. The van der Waals surface area contributed by atoms with Crippen LogP contribution in [0.15, 0.2) is 53.0 Å². The van der Waals surface area contributed by atoms with Crippen molar-refractivity contribution >= 4 is 21.6 Å². The summed E-state index contributed by atoms with van der Waals surface area (Å²) in [6.07, 6.45) is -0.666. The molecule has 0 radical (unpaired) electrons. The van der Waals surface area contributed by atoms with Crippen molar-refractivity contribution in [3.63, 3.8) is 0 Å². The molecule has 0 spiro atoms. The lowest BCUT2D eigenvalue weighted by Gasteiger charge is -2.14. The first kappa shape index (κ1) is 15.4. The molecule has 1 unspecified atom stereocenters. The molecule has 0 fully saturated rings. The summed E-state index contributed by atoms with van der Waals surface area (Å²) in [7, 11) is 0. The summed E-state index contributed by atoms with van der Waals surface area (Å²) < 4.78 is 6.47. The van der Waals surface area contributed by atoms with Crippen molar-refractivity contribution in [2.45, 2.75) is 6.10 Å². The fraction of sp³-hybridized carbons (Fsp3) is 0.188. The van der Waals surface area contributed by atoms with Gasteiger partial charge in [-0.2, -0.15) is 5.26 Å². The highest BCUT2D eigenvalue weighted by Gasteiger charge is 2.07. The number of halogens is 1. The molecule has 0 bridgehead atoms. The molecular weight excluding hydrogens is 332 g/mol. The van der Waals surface area contributed by atoms with E-state index in [1.54, 1.807) is 18.2 Å². The van der Waals surface area contributed by atoms with E-state index in [0.29, 0.717) is 23.5 Å². The molecule has 2 rings (SSSR count). The van der Waals surface area contributed by atoms with E-state index in [1.165, 1.54) is 0 Å². The monoisotopic (exact) mass is 346 g/mol. The van der Waals surface area contributed by atoms with E-state index in [1.807, 2.05) is 30.3 Å². The molecule has 1 atom stereocenters. The third-order valence-electron chi connectivity index (χ3n) is 2.83. The minimum Gasteiger partial charge on any atom is -0.491 e. The normalized spacial score (nSPS) is 11.5. The van der Waals surface area contributed by atoms with E-state index in [9.17, 15) is 5.11 Å². The van der Waals surface area contributed by atoms with Crippen LogP contribution in [0.5, 0.6) is 5.75 Å². The topological polar surface area (TPSA) is 65.3 Å². The van der Waals surface area contributed by atoms with Gasteiger partial charge in [0.1, 0.15) is 24.5 Å². The van der Waals surface area contributed by atoms with Crippen molar-refractivity contribution in [3.8, 4) is 11.8 Å². The van der Waals surface area contributed by atoms with Crippen LogP contribution in [-0.2, 0) is 0 Å². The van der Waals surface area contributed by atoms with Gasteiger partial charge in [0.25, 0.3) is 0 Å².